The normalized spacial score (nSPS) is 15.5. The number of aliphatic hydroxyl groups is 1. The quantitative estimate of drug-likeness (QED) is 0.439. The maximum atomic E-state index is 10.3. The molecule has 0 rings (SSSR count). The van der Waals surface area contributed by atoms with Gasteiger partial charge >= 0.3 is 0 Å². The van der Waals surface area contributed by atoms with E-state index in [1.54, 1.807) is 0 Å². The highest BCUT2D eigenvalue weighted by Gasteiger charge is 2.22. The van der Waals surface area contributed by atoms with Crippen molar-refractivity contribution in [3.63, 3.8) is 0 Å². The molecule has 0 aliphatic rings. The molecule has 3 nitrogen and oxygen atoms in total. The van der Waals surface area contributed by atoms with E-state index in [1.807, 2.05) is 24.9 Å². The molecule has 0 aliphatic carbocycles. The van der Waals surface area contributed by atoms with Gasteiger partial charge < -0.3 is 10.0 Å². The summed E-state index contributed by atoms with van der Waals surface area (Å²) in [7, 11) is 3.70. The molecule has 0 radical (unpaired) electrons. The van der Waals surface area contributed by atoms with Crippen molar-refractivity contribution in [2.75, 3.05) is 20.6 Å². The maximum absolute atomic E-state index is 10.3. The molecule has 0 aromatic heterocycles. The summed E-state index contributed by atoms with van der Waals surface area (Å²) in [5, 5.41) is 9.25. The van der Waals surface area contributed by atoms with Gasteiger partial charge in [0.05, 0.1) is 0 Å². The van der Waals surface area contributed by atoms with E-state index in [-0.39, 0.29) is 6.42 Å². The monoisotopic (exact) mass is 155 g/mol. The highest BCUT2D eigenvalue weighted by molar-refractivity contribution is 5.67. The molecule has 3 heteroatoms. The minimum Gasteiger partial charge on any atom is -0.371 e. The maximum Gasteiger partial charge on any atom is 0.181 e. The Bertz CT molecular complexity index is 171. The van der Waals surface area contributed by atoms with Crippen molar-refractivity contribution < 1.29 is 9.90 Å². The Hall–Kier alpha value is -0.850. The summed E-state index contributed by atoms with van der Waals surface area (Å²) in [6.45, 7) is 0.597. The van der Waals surface area contributed by atoms with E-state index < -0.39 is 5.60 Å². The molecule has 0 aromatic rings. The molecule has 0 saturated carbocycles. The molecule has 62 valence electrons. The number of hydrogen-bond donors (Lipinski definition) is 1. The number of terminal acetylenes is 1. The first-order chi connectivity index (χ1) is 5.04. The Labute approximate surface area is 67.0 Å². The average molecular weight is 155 g/mol. The van der Waals surface area contributed by atoms with E-state index >= 15 is 0 Å². The Balaban J connectivity index is 3.91. The Morgan fingerprint density at radius 1 is 1.73 bits per heavy atom. The van der Waals surface area contributed by atoms with Crippen LogP contribution in [0.2, 0.25) is 0 Å². The summed E-state index contributed by atoms with van der Waals surface area (Å²) in [6.07, 6.45) is 5.63. The third-order valence-electron chi connectivity index (χ3n) is 1.39. The predicted molar refractivity (Wildman–Crippen MR) is 43.0 cm³/mol. The first-order valence-corrected chi connectivity index (χ1v) is 3.35. The van der Waals surface area contributed by atoms with Crippen LogP contribution in [0.15, 0.2) is 0 Å². The van der Waals surface area contributed by atoms with Crippen molar-refractivity contribution in [3.05, 3.63) is 0 Å². The molecule has 0 fully saturated rings. The summed E-state index contributed by atoms with van der Waals surface area (Å²) in [5.74, 6) is 2.04. The van der Waals surface area contributed by atoms with Crippen LogP contribution < -0.4 is 0 Å². The van der Waals surface area contributed by atoms with Gasteiger partial charge in [0.2, 0.25) is 0 Å². The summed E-state index contributed by atoms with van der Waals surface area (Å²) in [5.41, 5.74) is -1.58. The molecule has 0 heterocycles. The SMILES string of the molecule is C#CC(O)(C=O)CCN(C)C. The Morgan fingerprint density at radius 3 is 2.55 bits per heavy atom. The first-order valence-electron chi connectivity index (χ1n) is 3.35. The second-order valence-electron chi connectivity index (χ2n) is 2.74. The summed E-state index contributed by atoms with van der Waals surface area (Å²) >= 11 is 0. The number of hydrogen-bond acceptors (Lipinski definition) is 3. The highest BCUT2D eigenvalue weighted by atomic mass is 16.3. The van der Waals surface area contributed by atoms with Crippen LogP contribution in [-0.2, 0) is 4.79 Å². The number of rotatable bonds is 4. The molecule has 0 aromatic carbocycles. The largest absolute Gasteiger partial charge is 0.371 e. The molecule has 0 saturated heterocycles. The molecule has 0 aliphatic heterocycles. The van der Waals surface area contributed by atoms with Crippen molar-refractivity contribution >= 4 is 6.29 Å². The minimum atomic E-state index is -1.58. The van der Waals surface area contributed by atoms with E-state index in [9.17, 15) is 9.90 Å². The van der Waals surface area contributed by atoms with Gasteiger partial charge in [0.25, 0.3) is 0 Å². The number of nitrogens with zero attached hydrogens (tertiary/aromatic N) is 1. The first kappa shape index (κ1) is 10.2. The fraction of sp³-hybridized carbons (Fsp3) is 0.625. The zero-order valence-corrected chi connectivity index (χ0v) is 6.87. The molecule has 0 bridgehead atoms. The smallest absolute Gasteiger partial charge is 0.181 e. The Morgan fingerprint density at radius 2 is 2.27 bits per heavy atom. The lowest BCUT2D eigenvalue weighted by Gasteiger charge is -2.17. The van der Waals surface area contributed by atoms with Crippen LogP contribution in [0.4, 0.5) is 0 Å². The minimum absolute atomic E-state index is 0.278. The van der Waals surface area contributed by atoms with Gasteiger partial charge in [-0.2, -0.15) is 0 Å². The fourth-order valence-corrected chi connectivity index (χ4v) is 0.559. The van der Waals surface area contributed by atoms with Crippen LogP contribution in [0.3, 0.4) is 0 Å². The Kier molecular flexibility index (Phi) is 3.80. The topological polar surface area (TPSA) is 40.5 Å². The van der Waals surface area contributed by atoms with Crippen molar-refractivity contribution in [3.8, 4) is 12.3 Å². The molecule has 1 unspecified atom stereocenters. The molecule has 1 N–H and O–H groups in total. The van der Waals surface area contributed by atoms with Crippen molar-refractivity contribution in [1.29, 1.82) is 0 Å². The van der Waals surface area contributed by atoms with Gasteiger partial charge in [-0.3, -0.25) is 4.79 Å². The highest BCUT2D eigenvalue weighted by Crippen LogP contribution is 2.04. The van der Waals surface area contributed by atoms with Crippen LogP contribution in [0.25, 0.3) is 0 Å². The molecule has 11 heavy (non-hydrogen) atoms. The lowest BCUT2D eigenvalue weighted by atomic mass is 10.0. The summed E-state index contributed by atoms with van der Waals surface area (Å²) < 4.78 is 0. The molecule has 0 spiro atoms. The van der Waals surface area contributed by atoms with E-state index in [4.69, 9.17) is 6.42 Å². The van der Waals surface area contributed by atoms with Gasteiger partial charge in [-0.05, 0) is 14.1 Å². The van der Waals surface area contributed by atoms with Gasteiger partial charge in [0.15, 0.2) is 11.9 Å². The second kappa shape index (κ2) is 4.12. The summed E-state index contributed by atoms with van der Waals surface area (Å²) in [6, 6.07) is 0. The van der Waals surface area contributed by atoms with Gasteiger partial charge in [0.1, 0.15) is 0 Å². The lowest BCUT2D eigenvalue weighted by molar-refractivity contribution is -0.119. The van der Waals surface area contributed by atoms with Crippen molar-refractivity contribution in [2.45, 2.75) is 12.0 Å². The van der Waals surface area contributed by atoms with E-state index in [2.05, 4.69) is 0 Å². The number of carbonyl (C=O) groups is 1. The van der Waals surface area contributed by atoms with Crippen LogP contribution in [-0.4, -0.2) is 42.5 Å². The fourth-order valence-electron chi connectivity index (χ4n) is 0.559. The molecule has 0 amide bonds. The van der Waals surface area contributed by atoms with Gasteiger partial charge in [-0.15, -0.1) is 6.42 Å². The molecule has 1 atom stereocenters. The second-order valence-corrected chi connectivity index (χ2v) is 2.74. The average Bonchev–Trinajstić information content (AvgIpc) is 2.00. The number of carbonyl (C=O) groups excluding carboxylic acids is 1. The third-order valence-corrected chi connectivity index (χ3v) is 1.39. The van der Waals surface area contributed by atoms with Gasteiger partial charge in [0, 0.05) is 13.0 Å². The molecular weight excluding hydrogens is 142 g/mol. The zero-order chi connectivity index (χ0) is 8.91. The van der Waals surface area contributed by atoms with Crippen molar-refractivity contribution in [1.82, 2.24) is 4.90 Å². The van der Waals surface area contributed by atoms with Crippen LogP contribution in [0, 0.1) is 12.3 Å². The standard InChI is InChI=1S/C8H13NO2/c1-4-8(11,7-10)5-6-9(2)3/h1,7,11H,5-6H2,2-3H3. The van der Waals surface area contributed by atoms with E-state index in [1.165, 1.54) is 0 Å². The lowest BCUT2D eigenvalue weighted by Crippen LogP contribution is -2.32. The van der Waals surface area contributed by atoms with E-state index in [0.717, 1.165) is 0 Å². The van der Waals surface area contributed by atoms with Gasteiger partial charge in [-0.25, -0.2) is 0 Å². The van der Waals surface area contributed by atoms with Gasteiger partial charge in [-0.1, -0.05) is 5.92 Å². The van der Waals surface area contributed by atoms with Crippen LogP contribution in [0.1, 0.15) is 6.42 Å². The number of aldehydes is 1. The molecular formula is C8H13NO2. The summed E-state index contributed by atoms with van der Waals surface area (Å²) in [4.78, 5) is 12.1. The van der Waals surface area contributed by atoms with Crippen LogP contribution in [0.5, 0.6) is 0 Å². The van der Waals surface area contributed by atoms with Crippen molar-refractivity contribution in [2.24, 2.45) is 0 Å². The predicted octanol–water partition coefficient (Wildman–Crippen LogP) is -0.499. The zero-order valence-electron chi connectivity index (χ0n) is 6.87. The third kappa shape index (κ3) is 3.76. The van der Waals surface area contributed by atoms with E-state index in [0.29, 0.717) is 12.8 Å². The van der Waals surface area contributed by atoms with Crippen LogP contribution >= 0.6 is 0 Å².